The average Bonchev–Trinajstić information content (AvgIpc) is 3.29. The summed E-state index contributed by atoms with van der Waals surface area (Å²) in [5.41, 5.74) is 2.90. The Labute approximate surface area is 219 Å². The molecule has 1 aliphatic rings. The van der Waals surface area contributed by atoms with E-state index in [0.29, 0.717) is 29.5 Å². The summed E-state index contributed by atoms with van der Waals surface area (Å²) in [6.07, 6.45) is 6.91. The van der Waals surface area contributed by atoms with E-state index in [1.165, 1.54) is 0 Å². The fourth-order valence-electron chi connectivity index (χ4n) is 4.67. The van der Waals surface area contributed by atoms with E-state index in [2.05, 4.69) is 27.1 Å². The van der Waals surface area contributed by atoms with Crippen molar-refractivity contribution >= 4 is 40.1 Å². The zero-order valence-electron chi connectivity index (χ0n) is 20.3. The van der Waals surface area contributed by atoms with Gasteiger partial charge in [0.2, 0.25) is 0 Å². The number of hydrogen-bond donors (Lipinski definition) is 1. The molecule has 1 fully saturated rings. The highest BCUT2D eigenvalue weighted by Gasteiger charge is 2.25. The smallest absolute Gasteiger partial charge is 0.298 e. The molecule has 1 atom stereocenters. The Morgan fingerprint density at radius 3 is 2.76 bits per heavy atom. The summed E-state index contributed by atoms with van der Waals surface area (Å²) in [7, 11) is 0. The van der Waals surface area contributed by atoms with Gasteiger partial charge in [-0.3, -0.25) is 19.3 Å². The number of amides is 2. The van der Waals surface area contributed by atoms with Gasteiger partial charge < -0.3 is 10.2 Å². The van der Waals surface area contributed by atoms with Crippen LogP contribution in [0.2, 0.25) is 5.02 Å². The lowest BCUT2D eigenvalue weighted by molar-refractivity contribution is -0.126. The number of rotatable bonds is 5. The third-order valence-corrected chi connectivity index (χ3v) is 6.68. The summed E-state index contributed by atoms with van der Waals surface area (Å²) in [6.45, 7) is 3.65. The average molecular weight is 513 g/mol. The molecule has 5 rings (SSSR count). The number of carbonyl (C=O) groups excluding carboxylic acids is 2. The highest BCUT2D eigenvalue weighted by atomic mass is 35.5. The van der Waals surface area contributed by atoms with Crippen molar-refractivity contribution in [1.82, 2.24) is 24.6 Å². The van der Waals surface area contributed by atoms with E-state index < -0.39 is 0 Å². The van der Waals surface area contributed by atoms with Gasteiger partial charge in [-0.2, -0.15) is 5.10 Å². The van der Waals surface area contributed by atoms with Crippen LogP contribution in [-0.2, 0) is 11.3 Å². The molecule has 37 heavy (non-hydrogen) atoms. The molecule has 0 aliphatic carbocycles. The standard InChI is InChI=1S/C28H25ClN6O2/c1-2-6-25(36)34-14-5-7-19(17-34)18-35-27-22(15-30-16-23(27)29)26(33-35)20-9-11-21(12-10-20)28(37)32-24-8-3-4-13-31-24/h3-4,8-13,15-16,19H,5,7,14,17-18H2,1H3,(H,31,32,37)/t19-/m0/s1. The second-order valence-electron chi connectivity index (χ2n) is 8.93. The van der Waals surface area contributed by atoms with Crippen molar-refractivity contribution in [3.05, 3.63) is 71.6 Å². The van der Waals surface area contributed by atoms with E-state index in [1.807, 2.05) is 27.8 Å². The second-order valence-corrected chi connectivity index (χ2v) is 9.34. The summed E-state index contributed by atoms with van der Waals surface area (Å²) in [4.78, 5) is 35.2. The fourth-order valence-corrected chi connectivity index (χ4v) is 4.92. The van der Waals surface area contributed by atoms with Crippen LogP contribution < -0.4 is 5.32 Å². The van der Waals surface area contributed by atoms with Gasteiger partial charge in [-0.25, -0.2) is 4.98 Å². The number of pyridine rings is 2. The number of anilines is 1. The van der Waals surface area contributed by atoms with E-state index in [4.69, 9.17) is 16.7 Å². The Balaban J connectivity index is 1.40. The van der Waals surface area contributed by atoms with E-state index >= 15 is 0 Å². The number of piperidine rings is 1. The normalized spacial score (nSPS) is 15.2. The first-order valence-corrected chi connectivity index (χ1v) is 12.5. The summed E-state index contributed by atoms with van der Waals surface area (Å²) < 4.78 is 1.92. The van der Waals surface area contributed by atoms with Crippen molar-refractivity contribution in [3.8, 4) is 23.1 Å². The van der Waals surface area contributed by atoms with Gasteiger partial charge in [-0.15, -0.1) is 0 Å². The van der Waals surface area contributed by atoms with Gasteiger partial charge >= 0.3 is 0 Å². The number of likely N-dealkylation sites (tertiary alicyclic amines) is 1. The number of fused-ring (bicyclic) bond motifs is 1. The van der Waals surface area contributed by atoms with Crippen molar-refractivity contribution in [1.29, 1.82) is 0 Å². The van der Waals surface area contributed by atoms with Gasteiger partial charge in [0.05, 0.1) is 10.5 Å². The van der Waals surface area contributed by atoms with E-state index in [1.54, 1.807) is 49.8 Å². The molecule has 3 aromatic heterocycles. The van der Waals surface area contributed by atoms with Crippen LogP contribution in [0.3, 0.4) is 0 Å². The van der Waals surface area contributed by atoms with Crippen molar-refractivity contribution in [2.75, 3.05) is 18.4 Å². The number of hydrogen-bond acceptors (Lipinski definition) is 5. The summed E-state index contributed by atoms with van der Waals surface area (Å²) >= 11 is 6.58. The van der Waals surface area contributed by atoms with Crippen LogP contribution in [0, 0.1) is 17.8 Å². The Hall–Kier alpha value is -4.22. The molecule has 1 aliphatic heterocycles. The van der Waals surface area contributed by atoms with Gasteiger partial charge in [-0.05, 0) is 55.9 Å². The van der Waals surface area contributed by atoms with Gasteiger partial charge in [-0.1, -0.05) is 35.7 Å². The third kappa shape index (κ3) is 5.32. The van der Waals surface area contributed by atoms with E-state index in [9.17, 15) is 9.59 Å². The minimum atomic E-state index is -0.241. The largest absolute Gasteiger partial charge is 0.332 e. The molecule has 1 aromatic carbocycles. The lowest BCUT2D eigenvalue weighted by atomic mass is 9.98. The molecule has 0 unspecified atom stereocenters. The molecule has 1 saturated heterocycles. The quantitative estimate of drug-likeness (QED) is 0.392. The minimum Gasteiger partial charge on any atom is -0.332 e. The molecule has 1 N–H and O–H groups in total. The predicted molar refractivity (Wildman–Crippen MR) is 143 cm³/mol. The van der Waals surface area contributed by atoms with Crippen LogP contribution in [-0.4, -0.2) is 49.6 Å². The van der Waals surface area contributed by atoms with Crippen LogP contribution in [0.4, 0.5) is 5.82 Å². The summed E-state index contributed by atoms with van der Waals surface area (Å²) in [5.74, 6) is 5.69. The first-order valence-electron chi connectivity index (χ1n) is 12.1. The van der Waals surface area contributed by atoms with Gasteiger partial charge in [0.1, 0.15) is 11.5 Å². The minimum absolute atomic E-state index is 0.132. The lowest BCUT2D eigenvalue weighted by Gasteiger charge is -2.31. The van der Waals surface area contributed by atoms with Crippen LogP contribution in [0.25, 0.3) is 22.2 Å². The van der Waals surface area contributed by atoms with Crippen LogP contribution in [0.15, 0.2) is 61.1 Å². The van der Waals surface area contributed by atoms with E-state index in [0.717, 1.165) is 41.5 Å². The molecule has 4 aromatic rings. The zero-order chi connectivity index (χ0) is 25.8. The van der Waals surface area contributed by atoms with Crippen molar-refractivity contribution in [2.45, 2.75) is 26.3 Å². The molecule has 0 spiro atoms. The maximum absolute atomic E-state index is 12.6. The first-order chi connectivity index (χ1) is 18.0. The monoisotopic (exact) mass is 512 g/mol. The number of halogens is 1. The molecule has 186 valence electrons. The molecule has 8 nitrogen and oxygen atoms in total. The van der Waals surface area contributed by atoms with Crippen molar-refractivity contribution in [2.24, 2.45) is 5.92 Å². The number of carbonyl (C=O) groups is 2. The van der Waals surface area contributed by atoms with Gasteiger partial charge in [0, 0.05) is 54.7 Å². The Kier molecular flexibility index (Phi) is 7.15. The Morgan fingerprint density at radius 2 is 2.00 bits per heavy atom. The van der Waals surface area contributed by atoms with E-state index in [-0.39, 0.29) is 17.7 Å². The molecule has 0 saturated carbocycles. The number of aromatic nitrogens is 4. The molecule has 9 heteroatoms. The van der Waals surface area contributed by atoms with Crippen LogP contribution in [0.5, 0.6) is 0 Å². The molecular weight excluding hydrogens is 488 g/mol. The SMILES string of the molecule is CC#CC(=O)N1CCC[C@H](Cn2nc(-c3ccc(C(=O)Nc4ccccn4)cc3)c3cncc(Cl)c32)C1. The highest BCUT2D eigenvalue weighted by Crippen LogP contribution is 2.33. The maximum Gasteiger partial charge on any atom is 0.298 e. The Morgan fingerprint density at radius 1 is 1.16 bits per heavy atom. The second kappa shape index (κ2) is 10.8. The summed E-state index contributed by atoms with van der Waals surface area (Å²) in [6, 6.07) is 12.6. The first kappa shape index (κ1) is 24.5. The lowest BCUT2D eigenvalue weighted by Crippen LogP contribution is -2.40. The number of benzene rings is 1. The maximum atomic E-state index is 12.6. The Bertz CT molecular complexity index is 1500. The number of nitrogens with zero attached hydrogens (tertiary/aromatic N) is 5. The van der Waals surface area contributed by atoms with Gasteiger partial charge in [0.15, 0.2) is 0 Å². The van der Waals surface area contributed by atoms with Crippen LogP contribution in [0.1, 0.15) is 30.1 Å². The number of nitrogens with one attached hydrogen (secondary N) is 1. The zero-order valence-corrected chi connectivity index (χ0v) is 21.1. The topological polar surface area (TPSA) is 93.0 Å². The molecule has 0 radical (unpaired) electrons. The third-order valence-electron chi connectivity index (χ3n) is 6.40. The van der Waals surface area contributed by atoms with Crippen molar-refractivity contribution < 1.29 is 9.59 Å². The molecular formula is C28H25ClN6O2. The molecule has 0 bridgehead atoms. The highest BCUT2D eigenvalue weighted by molar-refractivity contribution is 6.35. The van der Waals surface area contributed by atoms with Crippen LogP contribution >= 0.6 is 11.6 Å². The summed E-state index contributed by atoms with van der Waals surface area (Å²) in [5, 5.41) is 9.05. The fraction of sp³-hybridized carbons (Fsp3) is 0.250. The van der Waals surface area contributed by atoms with Gasteiger partial charge in [0.25, 0.3) is 11.8 Å². The predicted octanol–water partition coefficient (Wildman–Crippen LogP) is 4.66. The van der Waals surface area contributed by atoms with Crippen molar-refractivity contribution in [3.63, 3.8) is 0 Å². The molecule has 2 amide bonds. The molecule has 4 heterocycles.